The number of nitrogens with zero attached hydrogens (tertiary/aromatic N) is 4. The van der Waals surface area contributed by atoms with E-state index in [0.717, 1.165) is 29.3 Å². The highest BCUT2D eigenvalue weighted by molar-refractivity contribution is 7.99. The molecule has 1 aliphatic heterocycles. The number of aryl methyl sites for hydroxylation is 1. The number of thiophene rings is 1. The molecule has 2 aromatic heterocycles. The minimum absolute atomic E-state index is 0.0265. The Labute approximate surface area is 238 Å². The molecule has 12 heteroatoms. The molecule has 0 saturated carbocycles. The molecule has 0 bridgehead atoms. The summed E-state index contributed by atoms with van der Waals surface area (Å²) >= 11 is 2.86. The van der Waals surface area contributed by atoms with Crippen LogP contribution in [0.2, 0.25) is 0 Å². The van der Waals surface area contributed by atoms with Gasteiger partial charge in [-0.1, -0.05) is 48.2 Å². The van der Waals surface area contributed by atoms with Crippen LogP contribution >= 0.6 is 23.1 Å². The molecule has 2 aromatic carbocycles. The number of ether oxygens (including phenoxy) is 1. The lowest BCUT2D eigenvalue weighted by Gasteiger charge is -2.31. The van der Waals surface area contributed by atoms with Gasteiger partial charge in [0.2, 0.25) is 5.91 Å². The number of rotatable bonds is 10. The van der Waals surface area contributed by atoms with Crippen molar-refractivity contribution in [3.05, 3.63) is 87.9 Å². The van der Waals surface area contributed by atoms with Crippen LogP contribution in [0, 0.1) is 0 Å². The normalized spacial score (nSPS) is 13.9. The summed E-state index contributed by atoms with van der Waals surface area (Å²) in [6.07, 6.45) is -3.13. The molecule has 0 aliphatic carbocycles. The van der Waals surface area contributed by atoms with Crippen LogP contribution in [-0.4, -0.2) is 52.7 Å². The van der Waals surface area contributed by atoms with Crippen LogP contribution in [0.15, 0.2) is 71.2 Å². The van der Waals surface area contributed by atoms with Gasteiger partial charge in [0, 0.05) is 30.9 Å². The van der Waals surface area contributed by atoms with Crippen LogP contribution in [-0.2, 0) is 35.1 Å². The van der Waals surface area contributed by atoms with Crippen molar-refractivity contribution in [1.82, 2.24) is 14.8 Å². The Hall–Kier alpha value is -3.35. The van der Waals surface area contributed by atoms with E-state index in [1.54, 1.807) is 11.3 Å². The van der Waals surface area contributed by atoms with Gasteiger partial charge in [0.1, 0.15) is 5.82 Å². The molecule has 1 fully saturated rings. The number of carbonyl (C=O) groups excluding carboxylic acids is 1. The van der Waals surface area contributed by atoms with E-state index in [-0.39, 0.29) is 11.4 Å². The van der Waals surface area contributed by atoms with Crippen molar-refractivity contribution in [3.8, 4) is 0 Å². The lowest BCUT2D eigenvalue weighted by molar-refractivity contribution is -0.137. The quantitative estimate of drug-likeness (QED) is 0.238. The number of benzene rings is 2. The predicted octanol–water partition coefficient (Wildman–Crippen LogP) is 5.76. The van der Waals surface area contributed by atoms with Gasteiger partial charge in [0.25, 0.3) is 0 Å². The summed E-state index contributed by atoms with van der Waals surface area (Å²) in [5.74, 6) is 0.353. The van der Waals surface area contributed by atoms with Crippen molar-refractivity contribution in [2.24, 2.45) is 0 Å². The van der Waals surface area contributed by atoms with E-state index in [0.29, 0.717) is 50.1 Å². The number of hydrogen-bond donors (Lipinski definition) is 1. The zero-order chi connectivity index (χ0) is 28.0. The first-order valence-electron chi connectivity index (χ1n) is 12.8. The molecule has 0 atom stereocenters. The van der Waals surface area contributed by atoms with E-state index in [1.807, 2.05) is 45.2 Å². The molecule has 4 aromatic rings. The lowest BCUT2D eigenvalue weighted by atomic mass is 10.1. The third-order valence-electron chi connectivity index (χ3n) is 6.45. The minimum atomic E-state index is -4.52. The molecule has 5 rings (SSSR count). The molecule has 40 heavy (non-hydrogen) atoms. The zero-order valence-electron chi connectivity index (χ0n) is 21.6. The van der Waals surface area contributed by atoms with Gasteiger partial charge < -0.3 is 19.5 Å². The van der Waals surface area contributed by atoms with Gasteiger partial charge in [0.05, 0.1) is 35.9 Å². The highest BCUT2D eigenvalue weighted by atomic mass is 32.2. The van der Waals surface area contributed by atoms with E-state index in [9.17, 15) is 18.0 Å². The number of amides is 1. The molecule has 1 amide bonds. The smallest absolute Gasteiger partial charge is 0.378 e. The molecular weight excluding hydrogens is 559 g/mol. The molecule has 3 heterocycles. The maximum absolute atomic E-state index is 13.5. The van der Waals surface area contributed by atoms with Crippen LogP contribution in [0.1, 0.15) is 21.8 Å². The Morgan fingerprint density at radius 1 is 1.05 bits per heavy atom. The van der Waals surface area contributed by atoms with Crippen molar-refractivity contribution in [2.45, 2.75) is 30.7 Å². The van der Waals surface area contributed by atoms with Crippen LogP contribution in [0.4, 0.5) is 24.5 Å². The average molecular weight is 588 g/mol. The molecule has 0 spiro atoms. The Kier molecular flexibility index (Phi) is 9.08. The maximum Gasteiger partial charge on any atom is 0.416 e. The van der Waals surface area contributed by atoms with E-state index >= 15 is 0 Å². The van der Waals surface area contributed by atoms with Gasteiger partial charge in [-0.3, -0.25) is 4.79 Å². The van der Waals surface area contributed by atoms with Crippen LogP contribution < -0.4 is 10.2 Å². The van der Waals surface area contributed by atoms with Crippen molar-refractivity contribution in [3.63, 3.8) is 0 Å². The summed E-state index contributed by atoms with van der Waals surface area (Å²) in [6.45, 7) is 2.63. The third kappa shape index (κ3) is 7.23. The first kappa shape index (κ1) is 28.2. The van der Waals surface area contributed by atoms with Crippen molar-refractivity contribution in [1.29, 1.82) is 0 Å². The number of anilines is 2. The number of alkyl halides is 3. The number of carbonyl (C=O) groups is 1. The fraction of sp³-hybridized carbons (Fsp3) is 0.321. The van der Waals surface area contributed by atoms with Gasteiger partial charge in [-0.2, -0.15) is 13.2 Å². The maximum atomic E-state index is 13.5. The van der Waals surface area contributed by atoms with Crippen molar-refractivity contribution < 1.29 is 22.7 Å². The van der Waals surface area contributed by atoms with E-state index in [1.165, 1.54) is 23.4 Å². The van der Waals surface area contributed by atoms with Crippen LogP contribution in [0.25, 0.3) is 0 Å². The number of halogens is 3. The highest BCUT2D eigenvalue weighted by Gasteiger charge is 2.32. The standard InChI is InChI=1S/C28H28F3N5O2S2/c29-28(30,31)21-8-9-24(35-12-14-38-15-13-35)23(17-21)32-26(37)19-40-27-34-33-25(18-22-7-4-16-39-22)36(27)11-10-20-5-2-1-3-6-20/h1-9,16-17H,10-15,18-19H2,(H,32,37). The Morgan fingerprint density at radius 2 is 1.85 bits per heavy atom. The molecule has 210 valence electrons. The van der Waals surface area contributed by atoms with Gasteiger partial charge in [0.15, 0.2) is 5.16 Å². The van der Waals surface area contributed by atoms with E-state index in [4.69, 9.17) is 4.74 Å². The van der Waals surface area contributed by atoms with Crippen molar-refractivity contribution >= 4 is 40.4 Å². The van der Waals surface area contributed by atoms with Crippen LogP contribution in [0.3, 0.4) is 0 Å². The summed E-state index contributed by atoms with van der Waals surface area (Å²) in [4.78, 5) is 16.1. The molecule has 1 N–H and O–H groups in total. The molecule has 1 saturated heterocycles. The SMILES string of the molecule is O=C(CSc1nnc(Cc2cccs2)n1CCc1ccccc1)Nc1cc(C(F)(F)F)ccc1N1CCOCC1. The van der Waals surface area contributed by atoms with Crippen molar-refractivity contribution in [2.75, 3.05) is 42.3 Å². The number of morpholine rings is 1. The highest BCUT2D eigenvalue weighted by Crippen LogP contribution is 2.36. The third-order valence-corrected chi connectivity index (χ3v) is 8.30. The number of hydrogen-bond acceptors (Lipinski definition) is 7. The Balaban J connectivity index is 1.31. The largest absolute Gasteiger partial charge is 0.416 e. The lowest BCUT2D eigenvalue weighted by Crippen LogP contribution is -2.37. The average Bonchev–Trinajstić information content (AvgIpc) is 3.61. The first-order chi connectivity index (χ1) is 19.4. The topological polar surface area (TPSA) is 72.3 Å². The Bertz CT molecular complexity index is 1410. The summed E-state index contributed by atoms with van der Waals surface area (Å²) in [7, 11) is 0. The van der Waals surface area contributed by atoms with E-state index < -0.39 is 17.6 Å². The Morgan fingerprint density at radius 3 is 2.58 bits per heavy atom. The number of nitrogens with one attached hydrogen (secondary N) is 1. The number of aromatic nitrogens is 3. The number of thioether (sulfide) groups is 1. The summed E-state index contributed by atoms with van der Waals surface area (Å²) in [5.41, 5.74) is 1.03. The first-order valence-corrected chi connectivity index (χ1v) is 14.7. The van der Waals surface area contributed by atoms with Gasteiger partial charge in [-0.05, 0) is 41.6 Å². The fourth-order valence-corrected chi connectivity index (χ4v) is 5.93. The predicted molar refractivity (Wildman–Crippen MR) is 151 cm³/mol. The second kappa shape index (κ2) is 12.9. The molecule has 0 unspecified atom stereocenters. The van der Waals surface area contributed by atoms with Gasteiger partial charge >= 0.3 is 6.18 Å². The molecule has 7 nitrogen and oxygen atoms in total. The van der Waals surface area contributed by atoms with Crippen LogP contribution in [0.5, 0.6) is 0 Å². The fourth-order valence-electron chi connectivity index (χ4n) is 4.44. The van der Waals surface area contributed by atoms with E-state index in [2.05, 4.69) is 27.6 Å². The van der Waals surface area contributed by atoms with Gasteiger partial charge in [-0.25, -0.2) is 0 Å². The molecular formula is C28H28F3N5O2S2. The second-order valence-corrected chi connectivity index (χ2v) is 11.2. The second-order valence-electron chi connectivity index (χ2n) is 9.21. The zero-order valence-corrected chi connectivity index (χ0v) is 23.2. The summed E-state index contributed by atoms with van der Waals surface area (Å²) in [5, 5.41) is 14.1. The minimum Gasteiger partial charge on any atom is -0.378 e. The van der Waals surface area contributed by atoms with Gasteiger partial charge in [-0.15, -0.1) is 21.5 Å². The monoisotopic (exact) mass is 587 g/mol. The molecule has 1 aliphatic rings. The summed E-state index contributed by atoms with van der Waals surface area (Å²) < 4.78 is 47.8. The molecule has 0 radical (unpaired) electrons. The summed E-state index contributed by atoms with van der Waals surface area (Å²) in [6, 6.07) is 17.6.